The highest BCUT2D eigenvalue weighted by Gasteiger charge is 2.18. The molecule has 0 spiro atoms. The number of ether oxygens (including phenoxy) is 2. The van der Waals surface area contributed by atoms with Crippen LogP contribution in [0.5, 0.6) is 5.75 Å². The molecule has 2 aromatic rings. The Morgan fingerprint density at radius 3 is 3.11 bits per heavy atom. The van der Waals surface area contributed by atoms with Gasteiger partial charge in [0.2, 0.25) is 0 Å². The minimum Gasteiger partial charge on any atom is -0.495 e. The van der Waals surface area contributed by atoms with Gasteiger partial charge in [-0.3, -0.25) is 4.68 Å². The summed E-state index contributed by atoms with van der Waals surface area (Å²) in [5, 5.41) is 5.86. The van der Waals surface area contributed by atoms with E-state index in [4.69, 9.17) is 9.47 Å². The molecule has 0 saturated heterocycles. The van der Waals surface area contributed by atoms with Crippen molar-refractivity contribution < 1.29 is 14.3 Å². The maximum atomic E-state index is 11.9. The van der Waals surface area contributed by atoms with Crippen LogP contribution < -0.4 is 4.74 Å². The van der Waals surface area contributed by atoms with Crippen LogP contribution in [0.3, 0.4) is 0 Å². The number of aromatic nitrogens is 2. The van der Waals surface area contributed by atoms with Gasteiger partial charge in [0.1, 0.15) is 11.9 Å². The molecule has 96 valence electrons. The minimum absolute atomic E-state index is 0.246. The summed E-state index contributed by atoms with van der Waals surface area (Å²) in [6.45, 7) is 2.37. The third-order valence-corrected chi connectivity index (χ3v) is 3.22. The zero-order chi connectivity index (χ0) is 13.0. The fourth-order valence-electron chi connectivity index (χ4n) is 1.55. The first-order valence-corrected chi connectivity index (χ1v) is 6.38. The van der Waals surface area contributed by atoms with Crippen LogP contribution in [-0.2, 0) is 11.3 Å². The van der Waals surface area contributed by atoms with Crippen molar-refractivity contribution in [2.75, 3.05) is 7.11 Å². The van der Waals surface area contributed by atoms with Gasteiger partial charge in [-0.05, 0) is 24.4 Å². The van der Waals surface area contributed by atoms with E-state index >= 15 is 0 Å². The molecule has 2 heterocycles. The minimum atomic E-state index is -0.360. The Labute approximate surface area is 109 Å². The predicted molar refractivity (Wildman–Crippen MR) is 68.0 cm³/mol. The first kappa shape index (κ1) is 12.6. The molecule has 0 amide bonds. The summed E-state index contributed by atoms with van der Waals surface area (Å²) in [5.41, 5.74) is 0. The van der Waals surface area contributed by atoms with Crippen molar-refractivity contribution in [1.29, 1.82) is 0 Å². The highest BCUT2D eigenvalue weighted by molar-refractivity contribution is 7.12. The third kappa shape index (κ3) is 2.89. The Morgan fingerprint density at radius 2 is 2.44 bits per heavy atom. The van der Waals surface area contributed by atoms with Crippen LogP contribution in [0.4, 0.5) is 0 Å². The molecule has 0 saturated carbocycles. The number of esters is 1. The summed E-state index contributed by atoms with van der Waals surface area (Å²) in [6, 6.07) is 3.58. The highest BCUT2D eigenvalue weighted by atomic mass is 32.1. The average molecular weight is 266 g/mol. The van der Waals surface area contributed by atoms with E-state index < -0.39 is 0 Å². The van der Waals surface area contributed by atoms with Gasteiger partial charge in [0.25, 0.3) is 0 Å². The van der Waals surface area contributed by atoms with Crippen molar-refractivity contribution in [3.05, 3.63) is 34.8 Å². The Balaban J connectivity index is 1.95. The third-order valence-electron chi connectivity index (χ3n) is 2.35. The number of carbonyl (C=O) groups is 1. The van der Waals surface area contributed by atoms with Gasteiger partial charge in [0.05, 0.1) is 13.7 Å². The molecule has 1 atom stereocenters. The van der Waals surface area contributed by atoms with E-state index in [0.717, 1.165) is 0 Å². The second-order valence-electron chi connectivity index (χ2n) is 3.76. The van der Waals surface area contributed by atoms with Gasteiger partial charge in [0.15, 0.2) is 4.88 Å². The standard InChI is InChI=1S/C12H14N2O3S/c1-9(8-14-6-3-5-13-14)17-12(15)11-10(16-2)4-7-18-11/h3-7,9H,8H2,1-2H3. The van der Waals surface area contributed by atoms with Crippen LogP contribution in [0.25, 0.3) is 0 Å². The lowest BCUT2D eigenvalue weighted by molar-refractivity contribution is 0.0301. The van der Waals surface area contributed by atoms with Gasteiger partial charge in [-0.2, -0.15) is 5.10 Å². The Kier molecular flexibility index (Phi) is 3.99. The summed E-state index contributed by atoms with van der Waals surface area (Å²) in [5.74, 6) is 0.192. The zero-order valence-electron chi connectivity index (χ0n) is 10.2. The maximum Gasteiger partial charge on any atom is 0.352 e. The molecule has 2 rings (SSSR count). The van der Waals surface area contributed by atoms with Gasteiger partial charge in [-0.25, -0.2) is 4.79 Å². The zero-order valence-corrected chi connectivity index (χ0v) is 11.0. The second kappa shape index (κ2) is 5.68. The van der Waals surface area contributed by atoms with Crippen molar-refractivity contribution in [2.45, 2.75) is 19.6 Å². The Morgan fingerprint density at radius 1 is 1.61 bits per heavy atom. The van der Waals surface area contributed by atoms with Crippen LogP contribution in [0, 0.1) is 0 Å². The fraction of sp³-hybridized carbons (Fsp3) is 0.333. The Hall–Kier alpha value is -1.82. The van der Waals surface area contributed by atoms with E-state index in [-0.39, 0.29) is 12.1 Å². The number of thiophene rings is 1. The molecule has 0 radical (unpaired) electrons. The molecule has 5 nitrogen and oxygen atoms in total. The molecule has 6 heteroatoms. The normalized spacial score (nSPS) is 12.1. The van der Waals surface area contributed by atoms with Crippen LogP contribution >= 0.6 is 11.3 Å². The summed E-state index contributed by atoms with van der Waals surface area (Å²) >= 11 is 1.31. The number of hydrogen-bond acceptors (Lipinski definition) is 5. The van der Waals surface area contributed by atoms with Crippen molar-refractivity contribution in [1.82, 2.24) is 9.78 Å². The molecule has 0 aliphatic rings. The van der Waals surface area contributed by atoms with E-state index in [1.54, 1.807) is 22.3 Å². The summed E-state index contributed by atoms with van der Waals surface area (Å²) in [6.07, 6.45) is 3.27. The van der Waals surface area contributed by atoms with Crippen molar-refractivity contribution in [3.8, 4) is 5.75 Å². The number of carbonyl (C=O) groups excluding carboxylic acids is 1. The van der Waals surface area contributed by atoms with Gasteiger partial charge in [0, 0.05) is 12.4 Å². The first-order chi connectivity index (χ1) is 8.70. The molecular formula is C12H14N2O3S. The average Bonchev–Trinajstić information content (AvgIpc) is 2.97. The lowest BCUT2D eigenvalue weighted by Crippen LogP contribution is -2.20. The van der Waals surface area contributed by atoms with E-state index in [1.807, 2.05) is 19.2 Å². The topological polar surface area (TPSA) is 53.4 Å². The molecule has 0 bridgehead atoms. The van der Waals surface area contributed by atoms with E-state index in [2.05, 4.69) is 5.10 Å². The van der Waals surface area contributed by atoms with Gasteiger partial charge in [-0.15, -0.1) is 11.3 Å². The molecule has 0 aromatic carbocycles. The number of rotatable bonds is 5. The van der Waals surface area contributed by atoms with Crippen LogP contribution in [-0.4, -0.2) is 29.0 Å². The quantitative estimate of drug-likeness (QED) is 0.778. The van der Waals surface area contributed by atoms with Crippen LogP contribution in [0.2, 0.25) is 0 Å². The SMILES string of the molecule is COc1ccsc1C(=O)OC(C)Cn1cccn1. The van der Waals surface area contributed by atoms with Crippen molar-refractivity contribution >= 4 is 17.3 Å². The summed E-state index contributed by atoms with van der Waals surface area (Å²) in [7, 11) is 1.53. The number of nitrogens with zero attached hydrogens (tertiary/aromatic N) is 2. The lowest BCUT2D eigenvalue weighted by Gasteiger charge is -2.13. The van der Waals surface area contributed by atoms with E-state index in [1.165, 1.54) is 18.4 Å². The van der Waals surface area contributed by atoms with Gasteiger partial charge in [-0.1, -0.05) is 0 Å². The number of hydrogen-bond donors (Lipinski definition) is 0. The maximum absolute atomic E-state index is 11.9. The lowest BCUT2D eigenvalue weighted by atomic mass is 10.4. The smallest absolute Gasteiger partial charge is 0.352 e. The van der Waals surface area contributed by atoms with Gasteiger partial charge >= 0.3 is 5.97 Å². The summed E-state index contributed by atoms with van der Waals surface area (Å²) < 4.78 is 12.2. The van der Waals surface area contributed by atoms with E-state index in [9.17, 15) is 4.79 Å². The molecule has 2 aromatic heterocycles. The number of methoxy groups -OCH3 is 1. The highest BCUT2D eigenvalue weighted by Crippen LogP contribution is 2.25. The molecule has 1 unspecified atom stereocenters. The first-order valence-electron chi connectivity index (χ1n) is 5.50. The second-order valence-corrected chi connectivity index (χ2v) is 4.68. The molecule has 0 N–H and O–H groups in total. The summed E-state index contributed by atoms with van der Waals surface area (Å²) in [4.78, 5) is 12.4. The van der Waals surface area contributed by atoms with Crippen molar-refractivity contribution in [3.63, 3.8) is 0 Å². The van der Waals surface area contributed by atoms with Gasteiger partial charge < -0.3 is 9.47 Å². The van der Waals surface area contributed by atoms with E-state index in [0.29, 0.717) is 17.2 Å². The molecule has 18 heavy (non-hydrogen) atoms. The largest absolute Gasteiger partial charge is 0.495 e. The molecule has 0 aliphatic carbocycles. The fourth-order valence-corrected chi connectivity index (χ4v) is 2.29. The molecule has 0 aliphatic heterocycles. The van der Waals surface area contributed by atoms with Crippen molar-refractivity contribution in [2.24, 2.45) is 0 Å². The van der Waals surface area contributed by atoms with Crippen LogP contribution in [0.15, 0.2) is 29.9 Å². The Bertz CT molecular complexity index is 507. The molecule has 0 fully saturated rings. The predicted octanol–water partition coefficient (Wildman–Crippen LogP) is 2.20. The monoisotopic (exact) mass is 266 g/mol. The van der Waals surface area contributed by atoms with Crippen LogP contribution in [0.1, 0.15) is 16.6 Å². The molecular weight excluding hydrogens is 252 g/mol.